The van der Waals surface area contributed by atoms with Crippen LogP contribution < -0.4 is 10.0 Å². The van der Waals surface area contributed by atoms with Gasteiger partial charge in [0.05, 0.1) is 6.26 Å². The number of anilines is 1. The Morgan fingerprint density at radius 3 is 2.62 bits per heavy atom. The molecule has 1 rings (SSSR count). The third kappa shape index (κ3) is 7.56. The van der Waals surface area contributed by atoms with E-state index in [1.807, 2.05) is 6.92 Å². The fourth-order valence-electron chi connectivity index (χ4n) is 1.66. The maximum Gasteiger partial charge on any atom is 0.209 e. The number of hydrogen-bond acceptors (Lipinski definition) is 6. The van der Waals surface area contributed by atoms with Crippen LogP contribution in [0.2, 0.25) is 5.15 Å². The van der Waals surface area contributed by atoms with Crippen molar-refractivity contribution in [1.82, 2.24) is 14.7 Å². The molecule has 0 unspecified atom stereocenters. The van der Waals surface area contributed by atoms with Gasteiger partial charge in [-0.25, -0.2) is 23.1 Å². The molecule has 120 valence electrons. The van der Waals surface area contributed by atoms with Crippen LogP contribution in [-0.4, -0.2) is 43.3 Å². The Bertz CT molecular complexity index is 578. The van der Waals surface area contributed by atoms with Crippen molar-refractivity contribution in [1.29, 1.82) is 0 Å². The van der Waals surface area contributed by atoms with E-state index in [9.17, 15) is 8.42 Å². The molecule has 1 heterocycles. The molecule has 1 aromatic heterocycles. The van der Waals surface area contributed by atoms with Gasteiger partial charge in [-0.2, -0.15) is 0 Å². The summed E-state index contributed by atoms with van der Waals surface area (Å²) >= 11 is 5.93. The summed E-state index contributed by atoms with van der Waals surface area (Å²) in [6.45, 7) is 6.60. The lowest BCUT2D eigenvalue weighted by atomic mass is 10.1. The van der Waals surface area contributed by atoms with Crippen LogP contribution in [0, 0.1) is 0 Å². The van der Waals surface area contributed by atoms with Crippen LogP contribution in [-0.2, 0) is 21.4 Å². The lowest BCUT2D eigenvalue weighted by molar-refractivity contribution is 0.128. The zero-order valence-electron chi connectivity index (χ0n) is 12.6. The Morgan fingerprint density at radius 2 is 2.05 bits per heavy atom. The van der Waals surface area contributed by atoms with E-state index in [0.717, 1.165) is 6.26 Å². The third-order valence-electron chi connectivity index (χ3n) is 2.35. The van der Waals surface area contributed by atoms with Gasteiger partial charge in [-0.05, 0) is 20.8 Å². The Hall–Kier alpha value is -0.960. The second kappa shape index (κ2) is 7.35. The van der Waals surface area contributed by atoms with Gasteiger partial charge in [0.15, 0.2) is 5.82 Å². The number of halogens is 1. The van der Waals surface area contributed by atoms with Gasteiger partial charge in [0, 0.05) is 24.8 Å². The molecule has 0 saturated heterocycles. The summed E-state index contributed by atoms with van der Waals surface area (Å²) < 4.78 is 30.3. The second-order valence-electron chi connectivity index (χ2n) is 5.24. The predicted octanol–water partition coefficient (Wildman–Crippen LogP) is 1.41. The number of rotatable bonds is 8. The first-order valence-electron chi connectivity index (χ1n) is 6.45. The molecule has 0 amide bonds. The van der Waals surface area contributed by atoms with E-state index in [-0.39, 0.29) is 6.61 Å². The number of hydrogen-bond donors (Lipinski definition) is 2. The van der Waals surface area contributed by atoms with Crippen LogP contribution in [0.5, 0.6) is 0 Å². The molecule has 0 spiro atoms. The average Bonchev–Trinajstić information content (AvgIpc) is 2.30. The zero-order valence-corrected chi connectivity index (χ0v) is 14.2. The van der Waals surface area contributed by atoms with Crippen molar-refractivity contribution in [3.05, 3.63) is 17.0 Å². The Morgan fingerprint density at radius 1 is 1.38 bits per heavy atom. The van der Waals surface area contributed by atoms with Gasteiger partial charge in [0.2, 0.25) is 10.0 Å². The molecule has 2 N–H and O–H groups in total. The highest BCUT2D eigenvalue weighted by Crippen LogP contribution is 2.14. The number of ether oxygens (including phenoxy) is 1. The minimum absolute atomic E-state index is 0.275. The smallest absolute Gasteiger partial charge is 0.209 e. The summed E-state index contributed by atoms with van der Waals surface area (Å²) in [7, 11) is -3.28. The Kier molecular flexibility index (Phi) is 6.33. The molecule has 0 atom stereocenters. The van der Waals surface area contributed by atoms with Crippen LogP contribution in [0.4, 0.5) is 5.82 Å². The quantitative estimate of drug-likeness (QED) is 0.697. The first-order chi connectivity index (χ1) is 9.61. The average molecular weight is 337 g/mol. The van der Waals surface area contributed by atoms with Crippen LogP contribution in [0.15, 0.2) is 6.07 Å². The van der Waals surface area contributed by atoms with Gasteiger partial charge in [-0.15, -0.1) is 0 Å². The van der Waals surface area contributed by atoms with Crippen molar-refractivity contribution in [3.8, 4) is 0 Å². The summed E-state index contributed by atoms with van der Waals surface area (Å²) in [5.41, 5.74) is -0.662. The number of nitrogens with zero attached hydrogens (tertiary/aromatic N) is 2. The normalized spacial score (nSPS) is 12.4. The minimum atomic E-state index is -3.28. The third-order valence-corrected chi connectivity index (χ3v) is 3.47. The van der Waals surface area contributed by atoms with Gasteiger partial charge in [-0.3, -0.25) is 0 Å². The van der Waals surface area contributed by atoms with Gasteiger partial charge in [0.25, 0.3) is 0 Å². The molecule has 0 saturated carbocycles. The van der Waals surface area contributed by atoms with Crippen molar-refractivity contribution in [2.45, 2.75) is 32.9 Å². The molecule has 0 aliphatic rings. The zero-order chi connectivity index (χ0) is 16.1. The monoisotopic (exact) mass is 336 g/mol. The van der Waals surface area contributed by atoms with Crippen molar-refractivity contribution in [2.75, 3.05) is 24.7 Å². The molecule has 21 heavy (non-hydrogen) atoms. The molecule has 1 aromatic rings. The van der Waals surface area contributed by atoms with E-state index < -0.39 is 15.6 Å². The fourth-order valence-corrected chi connectivity index (χ4v) is 2.94. The van der Waals surface area contributed by atoms with Crippen molar-refractivity contribution < 1.29 is 13.2 Å². The maximum atomic E-state index is 11.3. The SMILES string of the molecule is CCOCc1nc(Cl)cc(NCC(C)(C)NS(C)(=O)=O)n1. The summed E-state index contributed by atoms with van der Waals surface area (Å²) in [6, 6.07) is 1.58. The molecule has 0 aliphatic carbocycles. The Balaban J connectivity index is 2.72. The summed E-state index contributed by atoms with van der Waals surface area (Å²) in [4.78, 5) is 8.31. The first-order valence-corrected chi connectivity index (χ1v) is 8.72. The van der Waals surface area contributed by atoms with Crippen LogP contribution in [0.1, 0.15) is 26.6 Å². The summed E-state index contributed by atoms with van der Waals surface area (Å²) in [5, 5.41) is 3.35. The van der Waals surface area contributed by atoms with E-state index in [2.05, 4.69) is 20.0 Å². The largest absolute Gasteiger partial charge is 0.374 e. The van der Waals surface area contributed by atoms with E-state index in [4.69, 9.17) is 16.3 Å². The molecule has 9 heteroatoms. The first kappa shape index (κ1) is 18.1. The van der Waals surface area contributed by atoms with E-state index >= 15 is 0 Å². The molecule has 7 nitrogen and oxygen atoms in total. The van der Waals surface area contributed by atoms with Crippen LogP contribution in [0.25, 0.3) is 0 Å². The van der Waals surface area contributed by atoms with Gasteiger partial charge >= 0.3 is 0 Å². The molecule has 0 aliphatic heterocycles. The molecular weight excluding hydrogens is 316 g/mol. The summed E-state index contributed by atoms with van der Waals surface area (Å²) in [6.07, 6.45) is 1.12. The van der Waals surface area contributed by atoms with Crippen molar-refractivity contribution >= 4 is 27.4 Å². The molecular formula is C12H21ClN4O3S. The topological polar surface area (TPSA) is 93.2 Å². The Labute approximate surface area is 130 Å². The highest BCUT2D eigenvalue weighted by molar-refractivity contribution is 7.88. The lowest BCUT2D eigenvalue weighted by Crippen LogP contribution is -2.47. The highest BCUT2D eigenvalue weighted by Gasteiger charge is 2.22. The van der Waals surface area contributed by atoms with Crippen LogP contribution >= 0.6 is 11.6 Å². The number of sulfonamides is 1. The second-order valence-corrected chi connectivity index (χ2v) is 7.38. The highest BCUT2D eigenvalue weighted by atomic mass is 35.5. The number of nitrogens with one attached hydrogen (secondary N) is 2. The molecule has 0 radical (unpaired) electrons. The van der Waals surface area contributed by atoms with Gasteiger partial charge in [0.1, 0.15) is 17.6 Å². The van der Waals surface area contributed by atoms with Crippen molar-refractivity contribution in [2.24, 2.45) is 0 Å². The number of aromatic nitrogens is 2. The molecule has 0 bridgehead atoms. The van der Waals surface area contributed by atoms with E-state index in [1.165, 1.54) is 0 Å². The van der Waals surface area contributed by atoms with Gasteiger partial charge in [-0.1, -0.05) is 11.6 Å². The maximum absolute atomic E-state index is 11.3. The van der Waals surface area contributed by atoms with E-state index in [0.29, 0.717) is 29.9 Å². The summed E-state index contributed by atoms with van der Waals surface area (Å²) in [5.74, 6) is 0.994. The molecule has 0 fully saturated rings. The van der Waals surface area contributed by atoms with Crippen LogP contribution in [0.3, 0.4) is 0 Å². The molecule has 0 aromatic carbocycles. The predicted molar refractivity (Wildman–Crippen MR) is 82.9 cm³/mol. The van der Waals surface area contributed by atoms with Crippen molar-refractivity contribution in [3.63, 3.8) is 0 Å². The lowest BCUT2D eigenvalue weighted by Gasteiger charge is -2.25. The minimum Gasteiger partial charge on any atom is -0.374 e. The fraction of sp³-hybridized carbons (Fsp3) is 0.667. The van der Waals surface area contributed by atoms with E-state index in [1.54, 1.807) is 19.9 Å². The van der Waals surface area contributed by atoms with Gasteiger partial charge < -0.3 is 10.1 Å². The standard InChI is InChI=1S/C12H21ClN4O3S/c1-5-20-7-11-15-9(13)6-10(16-11)14-8-12(2,3)17-21(4,18)19/h6,17H,5,7-8H2,1-4H3,(H,14,15,16).